The molecule has 2 rings (SSSR count). The highest BCUT2D eigenvalue weighted by atomic mass is 127. The van der Waals surface area contributed by atoms with Crippen molar-refractivity contribution in [2.24, 2.45) is 4.99 Å². The zero-order chi connectivity index (χ0) is 18.2. The molecule has 8 heteroatoms. The van der Waals surface area contributed by atoms with Gasteiger partial charge in [-0.15, -0.1) is 24.0 Å². The van der Waals surface area contributed by atoms with Crippen molar-refractivity contribution in [2.75, 3.05) is 13.6 Å². The van der Waals surface area contributed by atoms with E-state index in [1.807, 2.05) is 31.0 Å². The predicted molar refractivity (Wildman–Crippen MR) is 113 cm³/mol. The molecule has 26 heavy (non-hydrogen) atoms. The van der Waals surface area contributed by atoms with E-state index in [4.69, 9.17) is 4.42 Å². The summed E-state index contributed by atoms with van der Waals surface area (Å²) in [6.07, 6.45) is 1.64. The van der Waals surface area contributed by atoms with Crippen molar-refractivity contribution in [1.82, 2.24) is 10.2 Å². The smallest absolute Gasteiger partial charge is 0.269 e. The number of nitrogens with zero attached hydrogens (tertiary/aromatic N) is 3. The number of hydrogen-bond donors (Lipinski definition) is 1. The maximum atomic E-state index is 10.7. The Labute approximate surface area is 170 Å². The normalized spacial score (nSPS) is 10.8. The van der Waals surface area contributed by atoms with Gasteiger partial charge in [-0.3, -0.25) is 10.1 Å². The second kappa shape index (κ2) is 10.6. The van der Waals surface area contributed by atoms with Gasteiger partial charge < -0.3 is 14.6 Å². The summed E-state index contributed by atoms with van der Waals surface area (Å²) in [5, 5.41) is 14.0. The molecule has 1 heterocycles. The molecule has 1 N–H and O–H groups in total. The van der Waals surface area contributed by atoms with E-state index in [2.05, 4.69) is 16.9 Å². The van der Waals surface area contributed by atoms with Crippen molar-refractivity contribution in [3.63, 3.8) is 0 Å². The van der Waals surface area contributed by atoms with E-state index in [1.54, 1.807) is 18.4 Å². The Kier molecular flexibility index (Phi) is 8.83. The van der Waals surface area contributed by atoms with Crippen LogP contribution in [0.3, 0.4) is 0 Å². The van der Waals surface area contributed by atoms with Crippen LogP contribution in [0.5, 0.6) is 0 Å². The molecular formula is C18H23IN4O3. The van der Waals surface area contributed by atoms with Crippen LogP contribution in [0.15, 0.2) is 64.2 Å². The molecule has 140 valence electrons. The number of benzene rings is 1. The Morgan fingerprint density at radius 1 is 1.35 bits per heavy atom. The lowest BCUT2D eigenvalue weighted by Crippen LogP contribution is -2.39. The van der Waals surface area contributed by atoms with Crippen LogP contribution >= 0.6 is 24.0 Å². The van der Waals surface area contributed by atoms with Crippen LogP contribution in [0.2, 0.25) is 0 Å². The molecule has 1 aromatic heterocycles. The number of guanidine groups is 1. The van der Waals surface area contributed by atoms with E-state index in [0.717, 1.165) is 16.9 Å². The highest BCUT2D eigenvalue weighted by Crippen LogP contribution is 2.13. The summed E-state index contributed by atoms with van der Waals surface area (Å²) >= 11 is 0. The van der Waals surface area contributed by atoms with Gasteiger partial charge in [0.1, 0.15) is 5.76 Å². The van der Waals surface area contributed by atoms with Crippen molar-refractivity contribution >= 4 is 35.6 Å². The number of nitro benzene ring substituents is 1. The zero-order valence-electron chi connectivity index (χ0n) is 14.8. The van der Waals surface area contributed by atoms with Crippen molar-refractivity contribution in [1.29, 1.82) is 0 Å². The molecule has 0 fully saturated rings. The number of furan rings is 1. The lowest BCUT2D eigenvalue weighted by Gasteiger charge is -2.21. The third kappa shape index (κ3) is 6.87. The minimum absolute atomic E-state index is 0. The van der Waals surface area contributed by atoms with Crippen LogP contribution in [0.25, 0.3) is 0 Å². The number of hydrogen-bond acceptors (Lipinski definition) is 4. The van der Waals surface area contributed by atoms with Crippen LogP contribution in [-0.2, 0) is 13.1 Å². The van der Waals surface area contributed by atoms with Crippen LogP contribution < -0.4 is 5.32 Å². The molecule has 0 spiro atoms. The van der Waals surface area contributed by atoms with Gasteiger partial charge in [0, 0.05) is 25.7 Å². The number of halogens is 1. The zero-order valence-corrected chi connectivity index (χ0v) is 17.2. The summed E-state index contributed by atoms with van der Waals surface area (Å²) < 4.78 is 5.37. The molecular weight excluding hydrogens is 447 g/mol. The summed E-state index contributed by atoms with van der Waals surface area (Å²) in [7, 11) is 1.92. The fourth-order valence-electron chi connectivity index (χ4n) is 2.14. The number of rotatable bonds is 7. The van der Waals surface area contributed by atoms with E-state index in [1.165, 1.54) is 12.1 Å². The lowest BCUT2D eigenvalue weighted by molar-refractivity contribution is -0.384. The molecule has 2 aromatic rings. The van der Waals surface area contributed by atoms with Crippen molar-refractivity contribution in [2.45, 2.75) is 20.0 Å². The van der Waals surface area contributed by atoms with Gasteiger partial charge in [-0.25, -0.2) is 4.99 Å². The van der Waals surface area contributed by atoms with E-state index in [9.17, 15) is 10.1 Å². The standard InChI is InChI=1S/C18H22N4O3.HI/c1-14(2)11-19-18(21(3)13-17-5-4-10-25-17)20-12-15-6-8-16(9-7-15)22(23)24;/h4-10H,1,11-13H2,2-3H3,(H,19,20);1H. The monoisotopic (exact) mass is 470 g/mol. The second-order valence-electron chi connectivity index (χ2n) is 5.81. The number of non-ortho nitro benzene ring substituents is 1. The summed E-state index contributed by atoms with van der Waals surface area (Å²) in [4.78, 5) is 16.9. The SMILES string of the molecule is C=C(C)CNC(=NCc1ccc([N+](=O)[O-])cc1)N(C)Cc1ccco1.I. The van der Waals surface area contributed by atoms with Gasteiger partial charge in [0.05, 0.1) is 24.3 Å². The Balaban J connectivity index is 0.00000338. The van der Waals surface area contributed by atoms with Gasteiger partial charge in [0.15, 0.2) is 5.96 Å². The average Bonchev–Trinajstić information content (AvgIpc) is 3.07. The molecule has 0 bridgehead atoms. The fourth-order valence-corrected chi connectivity index (χ4v) is 2.14. The van der Waals surface area contributed by atoms with Crippen LogP contribution in [-0.4, -0.2) is 29.4 Å². The molecule has 0 aliphatic heterocycles. The maximum Gasteiger partial charge on any atom is 0.269 e. The first-order valence-corrected chi connectivity index (χ1v) is 7.85. The maximum absolute atomic E-state index is 10.7. The molecule has 0 amide bonds. The summed E-state index contributed by atoms with van der Waals surface area (Å²) in [5.41, 5.74) is 1.96. The second-order valence-corrected chi connectivity index (χ2v) is 5.81. The molecule has 0 unspecified atom stereocenters. The first-order valence-electron chi connectivity index (χ1n) is 7.85. The first-order chi connectivity index (χ1) is 12.0. The van der Waals surface area contributed by atoms with Crippen LogP contribution in [0.1, 0.15) is 18.2 Å². The third-order valence-corrected chi connectivity index (χ3v) is 3.44. The van der Waals surface area contributed by atoms with Gasteiger partial charge in [-0.05, 0) is 24.6 Å². The molecule has 7 nitrogen and oxygen atoms in total. The minimum atomic E-state index is -0.413. The number of nitrogens with one attached hydrogen (secondary N) is 1. The van der Waals surface area contributed by atoms with Crippen LogP contribution in [0, 0.1) is 10.1 Å². The molecule has 0 atom stereocenters. The lowest BCUT2D eigenvalue weighted by atomic mass is 10.2. The van der Waals surface area contributed by atoms with E-state index < -0.39 is 4.92 Å². The third-order valence-electron chi connectivity index (χ3n) is 3.44. The predicted octanol–water partition coefficient (Wildman–Crippen LogP) is 3.96. The fraction of sp³-hybridized carbons (Fsp3) is 0.278. The van der Waals surface area contributed by atoms with Crippen molar-refractivity contribution in [3.8, 4) is 0 Å². The molecule has 0 aliphatic carbocycles. The van der Waals surface area contributed by atoms with E-state index >= 15 is 0 Å². The van der Waals surface area contributed by atoms with Gasteiger partial charge in [0.25, 0.3) is 5.69 Å². The first kappa shape index (κ1) is 21.7. The molecule has 0 radical (unpaired) electrons. The number of aliphatic imine (C=N–C) groups is 1. The Hall–Kier alpha value is -2.36. The molecule has 0 saturated carbocycles. The number of nitro groups is 1. The molecule has 0 saturated heterocycles. The minimum Gasteiger partial charge on any atom is -0.467 e. The highest BCUT2D eigenvalue weighted by Gasteiger charge is 2.09. The van der Waals surface area contributed by atoms with E-state index in [-0.39, 0.29) is 29.7 Å². The van der Waals surface area contributed by atoms with E-state index in [0.29, 0.717) is 25.6 Å². The van der Waals surface area contributed by atoms with Crippen LogP contribution in [0.4, 0.5) is 5.69 Å². The Morgan fingerprint density at radius 2 is 2.04 bits per heavy atom. The van der Waals surface area contributed by atoms with Gasteiger partial charge in [0.2, 0.25) is 0 Å². The quantitative estimate of drug-likeness (QED) is 0.165. The van der Waals surface area contributed by atoms with Gasteiger partial charge in [-0.2, -0.15) is 0 Å². The summed E-state index contributed by atoms with van der Waals surface area (Å²) in [5.74, 6) is 1.54. The highest BCUT2D eigenvalue weighted by molar-refractivity contribution is 14.0. The van der Waals surface area contributed by atoms with Crippen molar-refractivity contribution < 1.29 is 9.34 Å². The topological polar surface area (TPSA) is 83.9 Å². The van der Waals surface area contributed by atoms with Crippen molar-refractivity contribution in [3.05, 3.63) is 76.3 Å². The summed E-state index contributed by atoms with van der Waals surface area (Å²) in [6, 6.07) is 10.1. The molecule has 1 aromatic carbocycles. The van der Waals surface area contributed by atoms with Gasteiger partial charge in [-0.1, -0.05) is 24.3 Å². The van der Waals surface area contributed by atoms with Gasteiger partial charge >= 0.3 is 0 Å². The Morgan fingerprint density at radius 3 is 2.58 bits per heavy atom. The average molecular weight is 470 g/mol. The largest absolute Gasteiger partial charge is 0.467 e. The molecule has 0 aliphatic rings. The Bertz CT molecular complexity index is 742. The summed E-state index contributed by atoms with van der Waals surface area (Å²) in [6.45, 7) is 7.43.